The van der Waals surface area contributed by atoms with Crippen LogP contribution in [0.4, 0.5) is 0 Å². The van der Waals surface area contributed by atoms with Gasteiger partial charge in [-0.05, 0) is 94.3 Å². The first-order chi connectivity index (χ1) is 32.7. The van der Waals surface area contributed by atoms with Gasteiger partial charge in [0.15, 0.2) is 11.6 Å². The lowest BCUT2D eigenvalue weighted by Crippen LogP contribution is -2.08. The summed E-state index contributed by atoms with van der Waals surface area (Å²) in [6.45, 7) is 0. The molecule has 5 heterocycles. The van der Waals surface area contributed by atoms with E-state index in [2.05, 4.69) is 173 Å². The molecule has 7 nitrogen and oxygen atoms in total. The molecule has 0 aliphatic carbocycles. The van der Waals surface area contributed by atoms with Crippen LogP contribution < -0.4 is 0 Å². The summed E-state index contributed by atoms with van der Waals surface area (Å²) in [5.41, 5.74) is 9.99. The molecule has 0 saturated heterocycles. The van der Waals surface area contributed by atoms with Gasteiger partial charge in [-0.25, -0.2) is 4.98 Å². The third-order valence-electron chi connectivity index (χ3n) is 13.5. The highest BCUT2D eigenvalue weighted by Crippen LogP contribution is 2.45. The fourth-order valence-electron chi connectivity index (χ4n) is 10.7. The zero-order valence-electron chi connectivity index (χ0n) is 35.1. The number of hydrogen-bond acceptors (Lipinski definition) is 5. The van der Waals surface area contributed by atoms with Gasteiger partial charge in [-0.1, -0.05) is 127 Å². The molecule has 0 bridgehead atoms. The number of rotatable bonds is 4. The largest absolute Gasteiger partial charge is 0.456 e. The maximum Gasteiger partial charge on any atom is 0.238 e. The summed E-state index contributed by atoms with van der Waals surface area (Å²) < 4.78 is 17.6. The molecular formula is C59H33N5O2. The van der Waals surface area contributed by atoms with Gasteiger partial charge in [-0.15, -0.1) is 0 Å². The zero-order valence-corrected chi connectivity index (χ0v) is 35.1. The lowest BCUT2D eigenvalue weighted by atomic mass is 10.0. The Morgan fingerprint density at radius 1 is 0.318 bits per heavy atom. The Hall–Kier alpha value is -9.07. The fourth-order valence-corrected chi connectivity index (χ4v) is 10.7. The Morgan fingerprint density at radius 3 is 1.70 bits per heavy atom. The second kappa shape index (κ2) is 13.2. The Labute approximate surface area is 375 Å². The smallest absolute Gasteiger partial charge is 0.238 e. The quantitative estimate of drug-likeness (QED) is 0.176. The summed E-state index contributed by atoms with van der Waals surface area (Å²) >= 11 is 0. The standard InChI is InChI=1S/C59H33N5O2/c1-2-15-36-33-49-44(31-35(36)14-1)54-38-16-4-3-13-34(38)25-27-47(54)63(49)48-28-30-53-55(42-20-8-12-24-51(42)66-53)56(48)58-60-57(37-26-29-52-43(32-37)41-19-7-11-23-50(41)65-52)61-59(62-58)64-45-21-9-5-17-39(45)40-18-6-10-22-46(40)64/h1-33H. The number of fused-ring (bicyclic) bond motifs is 15. The van der Waals surface area contributed by atoms with Crippen molar-refractivity contribution in [3.63, 3.8) is 0 Å². The molecule has 0 saturated carbocycles. The maximum absolute atomic E-state index is 6.69. The van der Waals surface area contributed by atoms with E-state index in [1.54, 1.807) is 0 Å². The van der Waals surface area contributed by atoms with Crippen LogP contribution in [0.5, 0.6) is 0 Å². The molecule has 10 aromatic carbocycles. The van der Waals surface area contributed by atoms with Gasteiger partial charge in [0.1, 0.15) is 22.3 Å². The third kappa shape index (κ3) is 4.93. The minimum absolute atomic E-state index is 0.513. The molecule has 0 fully saturated rings. The molecule has 5 aromatic heterocycles. The van der Waals surface area contributed by atoms with Crippen molar-refractivity contribution in [3.8, 4) is 34.4 Å². The Balaban J connectivity index is 1.11. The van der Waals surface area contributed by atoms with Gasteiger partial charge >= 0.3 is 0 Å². The van der Waals surface area contributed by atoms with E-state index in [1.807, 2.05) is 36.4 Å². The predicted octanol–water partition coefficient (Wildman–Crippen LogP) is 15.5. The molecule has 15 aromatic rings. The normalized spacial score (nSPS) is 12.2. The molecule has 0 N–H and O–H groups in total. The Bertz CT molecular complexity index is 4500. The third-order valence-corrected chi connectivity index (χ3v) is 13.5. The number of aromatic nitrogens is 5. The highest BCUT2D eigenvalue weighted by molar-refractivity contribution is 6.24. The first-order valence-electron chi connectivity index (χ1n) is 22.2. The number of furan rings is 2. The van der Waals surface area contributed by atoms with E-state index in [4.69, 9.17) is 23.8 Å². The summed E-state index contributed by atoms with van der Waals surface area (Å²) in [5.74, 6) is 1.58. The summed E-state index contributed by atoms with van der Waals surface area (Å²) in [7, 11) is 0. The van der Waals surface area contributed by atoms with Crippen molar-refractivity contribution >= 4 is 109 Å². The van der Waals surface area contributed by atoms with E-state index in [1.165, 1.54) is 26.9 Å². The molecule has 15 rings (SSSR count). The topological polar surface area (TPSA) is 74.8 Å². The van der Waals surface area contributed by atoms with E-state index in [0.717, 1.165) is 98.9 Å². The molecule has 0 aliphatic heterocycles. The van der Waals surface area contributed by atoms with Crippen LogP contribution in [0.3, 0.4) is 0 Å². The average molecular weight is 844 g/mol. The van der Waals surface area contributed by atoms with Crippen LogP contribution >= 0.6 is 0 Å². The van der Waals surface area contributed by atoms with Crippen LogP contribution in [-0.2, 0) is 0 Å². The molecular weight excluding hydrogens is 811 g/mol. The van der Waals surface area contributed by atoms with Gasteiger partial charge in [0, 0.05) is 48.7 Å². The number of nitrogens with zero attached hydrogens (tertiary/aromatic N) is 5. The van der Waals surface area contributed by atoms with Crippen LogP contribution in [0, 0.1) is 0 Å². The Morgan fingerprint density at radius 2 is 0.909 bits per heavy atom. The highest BCUT2D eigenvalue weighted by atomic mass is 16.3. The van der Waals surface area contributed by atoms with E-state index in [-0.39, 0.29) is 0 Å². The van der Waals surface area contributed by atoms with E-state index in [9.17, 15) is 0 Å². The average Bonchev–Trinajstić information content (AvgIpc) is 4.13. The van der Waals surface area contributed by atoms with Crippen LogP contribution in [0.15, 0.2) is 209 Å². The van der Waals surface area contributed by atoms with Crippen molar-refractivity contribution < 1.29 is 8.83 Å². The highest BCUT2D eigenvalue weighted by Gasteiger charge is 2.26. The summed E-state index contributed by atoms with van der Waals surface area (Å²) in [5, 5.41) is 13.3. The zero-order chi connectivity index (χ0) is 43.0. The van der Waals surface area contributed by atoms with Gasteiger partial charge < -0.3 is 13.4 Å². The monoisotopic (exact) mass is 843 g/mol. The van der Waals surface area contributed by atoms with Crippen molar-refractivity contribution in [2.45, 2.75) is 0 Å². The van der Waals surface area contributed by atoms with Crippen molar-refractivity contribution in [3.05, 3.63) is 200 Å². The van der Waals surface area contributed by atoms with E-state index >= 15 is 0 Å². The van der Waals surface area contributed by atoms with Crippen LogP contribution in [0.1, 0.15) is 0 Å². The van der Waals surface area contributed by atoms with Gasteiger partial charge in [-0.3, -0.25) is 4.57 Å². The van der Waals surface area contributed by atoms with E-state index in [0.29, 0.717) is 17.6 Å². The van der Waals surface area contributed by atoms with Crippen LogP contribution in [-0.4, -0.2) is 24.1 Å². The van der Waals surface area contributed by atoms with Crippen molar-refractivity contribution in [2.75, 3.05) is 0 Å². The lowest BCUT2D eigenvalue weighted by Gasteiger charge is -2.16. The SMILES string of the molecule is c1ccc2cc3c(cc2c1)c1c2ccccc2ccc1n3-c1ccc2oc3ccccc3c2c1-c1nc(-c2ccc3oc4ccccc4c3c2)nc(-n2c3ccccc3c3ccccc32)n1. The molecule has 0 unspecified atom stereocenters. The number of para-hydroxylation sites is 4. The van der Waals surface area contributed by atoms with Gasteiger partial charge in [-0.2, -0.15) is 9.97 Å². The molecule has 7 heteroatoms. The van der Waals surface area contributed by atoms with Gasteiger partial charge in [0.05, 0.1) is 33.3 Å². The predicted molar refractivity (Wildman–Crippen MR) is 269 cm³/mol. The summed E-state index contributed by atoms with van der Waals surface area (Å²) in [4.78, 5) is 16.6. The summed E-state index contributed by atoms with van der Waals surface area (Å²) in [6.07, 6.45) is 0. The molecule has 306 valence electrons. The van der Waals surface area contributed by atoms with Crippen LogP contribution in [0.2, 0.25) is 0 Å². The second-order valence-electron chi connectivity index (χ2n) is 17.1. The minimum Gasteiger partial charge on any atom is -0.456 e. The lowest BCUT2D eigenvalue weighted by molar-refractivity contribution is 0.668. The first-order valence-corrected chi connectivity index (χ1v) is 22.2. The van der Waals surface area contributed by atoms with Crippen molar-refractivity contribution in [1.29, 1.82) is 0 Å². The number of hydrogen-bond donors (Lipinski definition) is 0. The second-order valence-corrected chi connectivity index (χ2v) is 17.1. The fraction of sp³-hybridized carbons (Fsp3) is 0. The molecule has 0 radical (unpaired) electrons. The van der Waals surface area contributed by atoms with Crippen LogP contribution in [0.25, 0.3) is 143 Å². The summed E-state index contributed by atoms with van der Waals surface area (Å²) in [6, 6.07) is 70.3. The molecule has 66 heavy (non-hydrogen) atoms. The van der Waals surface area contributed by atoms with Gasteiger partial charge in [0.2, 0.25) is 5.95 Å². The Kier molecular flexibility index (Phi) is 7.10. The number of benzene rings is 10. The molecule has 0 atom stereocenters. The van der Waals surface area contributed by atoms with Crippen molar-refractivity contribution in [2.24, 2.45) is 0 Å². The maximum atomic E-state index is 6.69. The minimum atomic E-state index is 0.513. The van der Waals surface area contributed by atoms with Gasteiger partial charge in [0.25, 0.3) is 0 Å². The van der Waals surface area contributed by atoms with E-state index < -0.39 is 0 Å². The first kappa shape index (κ1) is 35.4. The molecule has 0 aliphatic rings. The molecule has 0 spiro atoms. The molecule has 0 amide bonds. The van der Waals surface area contributed by atoms with Crippen molar-refractivity contribution in [1.82, 2.24) is 24.1 Å².